The summed E-state index contributed by atoms with van der Waals surface area (Å²) in [5.74, 6) is 0.147. The van der Waals surface area contributed by atoms with Crippen LogP contribution >= 0.6 is 0 Å². The van der Waals surface area contributed by atoms with Crippen LogP contribution in [0.2, 0.25) is 0 Å². The number of rotatable bonds is 4. The number of nitrogens with two attached hydrogens (primary N) is 1. The summed E-state index contributed by atoms with van der Waals surface area (Å²) in [7, 11) is 0. The smallest absolute Gasteiger partial charge is 0.243 e. The van der Waals surface area contributed by atoms with Crippen molar-refractivity contribution in [1.82, 2.24) is 14.6 Å². The van der Waals surface area contributed by atoms with E-state index in [0.717, 1.165) is 11.2 Å². The van der Waals surface area contributed by atoms with Gasteiger partial charge in [0.25, 0.3) is 0 Å². The van der Waals surface area contributed by atoms with Crippen molar-refractivity contribution in [2.45, 2.75) is 20.8 Å². The molecule has 6 heteroatoms. The molecule has 0 aliphatic heterocycles. The van der Waals surface area contributed by atoms with E-state index in [1.165, 1.54) is 0 Å². The lowest BCUT2D eigenvalue weighted by Gasteiger charge is -2.19. The number of amides is 1. The number of carbonyl (C=O) groups is 1. The monoisotopic (exact) mass is 247 g/mol. The average molecular weight is 247 g/mol. The van der Waals surface area contributed by atoms with Crippen LogP contribution in [0.25, 0.3) is 5.65 Å². The maximum Gasteiger partial charge on any atom is 0.243 e. The summed E-state index contributed by atoms with van der Waals surface area (Å²) in [4.78, 5) is 15.6. The summed E-state index contributed by atoms with van der Waals surface area (Å²) in [5, 5.41) is 7.32. The molecule has 0 aliphatic rings. The van der Waals surface area contributed by atoms with Crippen LogP contribution in [0, 0.1) is 12.3 Å². The van der Waals surface area contributed by atoms with Crippen LogP contribution in [-0.2, 0) is 4.79 Å². The van der Waals surface area contributed by atoms with Crippen LogP contribution in [0.15, 0.2) is 18.3 Å². The molecule has 2 heterocycles. The molecule has 0 aliphatic carbocycles. The molecule has 0 unspecified atom stereocenters. The van der Waals surface area contributed by atoms with Gasteiger partial charge in [-0.25, -0.2) is 4.52 Å². The predicted octanol–water partition coefficient (Wildman–Crippen LogP) is 0.961. The molecule has 0 saturated carbocycles. The van der Waals surface area contributed by atoms with Gasteiger partial charge in [-0.05, 0) is 32.4 Å². The van der Waals surface area contributed by atoms with Gasteiger partial charge >= 0.3 is 0 Å². The molecule has 2 rings (SSSR count). The first-order valence-corrected chi connectivity index (χ1v) is 5.76. The fraction of sp³-hybridized carbons (Fsp3) is 0.417. The molecular formula is C12H17N5O. The van der Waals surface area contributed by atoms with Gasteiger partial charge in [0.1, 0.15) is 0 Å². The first-order chi connectivity index (χ1) is 8.40. The lowest BCUT2D eigenvalue weighted by Crippen LogP contribution is -2.37. The molecule has 0 aromatic carbocycles. The quantitative estimate of drug-likeness (QED) is 0.842. The second-order valence-electron chi connectivity index (χ2n) is 5.00. The van der Waals surface area contributed by atoms with Crippen molar-refractivity contribution in [3.05, 3.63) is 23.9 Å². The van der Waals surface area contributed by atoms with Crippen LogP contribution < -0.4 is 11.1 Å². The Morgan fingerprint density at radius 1 is 1.56 bits per heavy atom. The van der Waals surface area contributed by atoms with E-state index in [4.69, 9.17) is 5.73 Å². The molecule has 2 aromatic heterocycles. The molecule has 0 radical (unpaired) electrons. The second kappa shape index (κ2) is 4.29. The summed E-state index contributed by atoms with van der Waals surface area (Å²) < 4.78 is 1.70. The molecular weight excluding hydrogens is 230 g/mol. The summed E-state index contributed by atoms with van der Waals surface area (Å²) in [6.45, 7) is 5.94. The Bertz CT molecular complexity index is 587. The largest absolute Gasteiger partial charge is 0.369 e. The zero-order valence-corrected chi connectivity index (χ0v) is 10.8. The molecule has 6 nitrogen and oxygen atoms in total. The van der Waals surface area contributed by atoms with Crippen molar-refractivity contribution in [3.63, 3.8) is 0 Å². The Kier molecular flexibility index (Phi) is 2.94. The maximum absolute atomic E-state index is 11.2. The third kappa shape index (κ3) is 2.27. The number of fused-ring (bicyclic) bond motifs is 1. The number of anilines is 1. The van der Waals surface area contributed by atoms with Gasteiger partial charge in [-0.3, -0.25) is 4.79 Å². The van der Waals surface area contributed by atoms with Gasteiger partial charge in [0.15, 0.2) is 5.65 Å². The Morgan fingerprint density at radius 3 is 2.89 bits per heavy atom. The topological polar surface area (TPSA) is 85.3 Å². The summed E-state index contributed by atoms with van der Waals surface area (Å²) >= 11 is 0. The first-order valence-electron chi connectivity index (χ1n) is 5.76. The number of hydrogen-bond acceptors (Lipinski definition) is 4. The predicted molar refractivity (Wildman–Crippen MR) is 69.2 cm³/mol. The highest BCUT2D eigenvalue weighted by molar-refractivity contribution is 5.80. The number of hydrogen-bond donors (Lipinski definition) is 2. The molecule has 1 amide bonds. The lowest BCUT2D eigenvalue weighted by atomic mass is 9.93. The van der Waals surface area contributed by atoms with Crippen molar-refractivity contribution in [2.75, 3.05) is 11.9 Å². The fourth-order valence-electron chi connectivity index (χ4n) is 1.50. The van der Waals surface area contributed by atoms with Crippen molar-refractivity contribution in [3.8, 4) is 0 Å². The highest BCUT2D eigenvalue weighted by Gasteiger charge is 2.25. The molecule has 0 spiro atoms. The van der Waals surface area contributed by atoms with Gasteiger partial charge in [0.2, 0.25) is 11.9 Å². The molecule has 96 valence electrons. The number of primary amides is 1. The maximum atomic E-state index is 11.2. The Morgan fingerprint density at radius 2 is 2.28 bits per heavy atom. The number of carbonyl (C=O) groups excluding carboxylic acids is 1. The molecule has 0 saturated heterocycles. The normalized spacial score (nSPS) is 11.7. The second-order valence-corrected chi connectivity index (χ2v) is 5.00. The number of aromatic nitrogens is 3. The SMILES string of the molecule is Cc1cccn2nc(NCC(C)(C)C(N)=O)nc12. The number of pyridine rings is 1. The molecule has 3 N–H and O–H groups in total. The number of nitrogens with one attached hydrogen (secondary N) is 1. The summed E-state index contributed by atoms with van der Waals surface area (Å²) in [6, 6.07) is 3.88. The third-order valence-electron chi connectivity index (χ3n) is 2.91. The van der Waals surface area contributed by atoms with Crippen molar-refractivity contribution in [1.29, 1.82) is 0 Å². The molecule has 0 atom stereocenters. The lowest BCUT2D eigenvalue weighted by molar-refractivity contribution is -0.125. The zero-order valence-electron chi connectivity index (χ0n) is 10.8. The third-order valence-corrected chi connectivity index (χ3v) is 2.91. The van der Waals surface area contributed by atoms with Crippen molar-refractivity contribution >= 4 is 17.5 Å². The van der Waals surface area contributed by atoms with Crippen molar-refractivity contribution in [2.24, 2.45) is 11.1 Å². The summed E-state index contributed by atoms with van der Waals surface area (Å²) in [5.41, 5.74) is 6.53. The van der Waals surface area contributed by atoms with Gasteiger partial charge in [-0.15, -0.1) is 5.10 Å². The number of aryl methyl sites for hydroxylation is 1. The first kappa shape index (κ1) is 12.3. The summed E-state index contributed by atoms with van der Waals surface area (Å²) in [6.07, 6.45) is 1.83. The van der Waals surface area contributed by atoms with Gasteiger partial charge < -0.3 is 11.1 Å². The molecule has 0 fully saturated rings. The Labute approximate surface area is 105 Å². The zero-order chi connectivity index (χ0) is 13.3. The van der Waals surface area contributed by atoms with E-state index in [0.29, 0.717) is 12.5 Å². The highest BCUT2D eigenvalue weighted by Crippen LogP contribution is 2.15. The number of nitrogens with zero attached hydrogens (tertiary/aromatic N) is 3. The van der Waals surface area contributed by atoms with E-state index in [-0.39, 0.29) is 5.91 Å². The van der Waals surface area contributed by atoms with Crippen LogP contribution in [0.4, 0.5) is 5.95 Å². The van der Waals surface area contributed by atoms with Gasteiger partial charge in [0.05, 0.1) is 5.41 Å². The minimum Gasteiger partial charge on any atom is -0.369 e. The van der Waals surface area contributed by atoms with E-state index in [2.05, 4.69) is 15.4 Å². The van der Waals surface area contributed by atoms with E-state index in [1.807, 2.05) is 25.3 Å². The average Bonchev–Trinajstić information content (AvgIpc) is 2.71. The van der Waals surface area contributed by atoms with Crippen LogP contribution in [0.3, 0.4) is 0 Å². The van der Waals surface area contributed by atoms with Crippen LogP contribution in [-0.4, -0.2) is 27.0 Å². The van der Waals surface area contributed by atoms with Crippen LogP contribution in [0.5, 0.6) is 0 Å². The van der Waals surface area contributed by atoms with E-state index in [9.17, 15) is 4.79 Å². The molecule has 2 aromatic rings. The minimum absolute atomic E-state index is 0.352. The van der Waals surface area contributed by atoms with Crippen molar-refractivity contribution < 1.29 is 4.79 Å². The Balaban J connectivity index is 2.18. The van der Waals surface area contributed by atoms with E-state index in [1.54, 1.807) is 18.4 Å². The van der Waals surface area contributed by atoms with Gasteiger partial charge in [-0.2, -0.15) is 4.98 Å². The van der Waals surface area contributed by atoms with E-state index >= 15 is 0 Å². The standard InChI is InChI=1S/C12H17N5O/c1-8-5-4-6-17-9(8)15-11(16-17)14-7-12(2,3)10(13)18/h4-6H,7H2,1-3H3,(H2,13,18)(H,14,16). The highest BCUT2D eigenvalue weighted by atomic mass is 16.1. The fourth-order valence-corrected chi connectivity index (χ4v) is 1.50. The minimum atomic E-state index is -0.632. The van der Waals surface area contributed by atoms with Gasteiger partial charge in [0, 0.05) is 12.7 Å². The van der Waals surface area contributed by atoms with Gasteiger partial charge in [-0.1, -0.05) is 6.07 Å². The van der Waals surface area contributed by atoms with E-state index < -0.39 is 5.41 Å². The molecule has 0 bridgehead atoms. The molecule has 18 heavy (non-hydrogen) atoms. The van der Waals surface area contributed by atoms with Crippen LogP contribution in [0.1, 0.15) is 19.4 Å². The Hall–Kier alpha value is -2.11.